The van der Waals surface area contributed by atoms with Crippen molar-refractivity contribution in [2.45, 2.75) is 31.1 Å². The van der Waals surface area contributed by atoms with Crippen molar-refractivity contribution in [1.29, 1.82) is 0 Å². The lowest BCUT2D eigenvalue weighted by Gasteiger charge is -2.11. The zero-order chi connectivity index (χ0) is 12.4. The fourth-order valence-corrected chi connectivity index (χ4v) is 3.73. The maximum Gasteiger partial charge on any atom is 0.160 e. The Hall–Kier alpha value is -1.07. The Morgan fingerprint density at radius 1 is 1.50 bits per heavy atom. The Balaban J connectivity index is 2.04. The highest BCUT2D eigenvalue weighted by atomic mass is 32.2. The molecule has 0 aliphatic carbocycles. The van der Waals surface area contributed by atoms with Gasteiger partial charge in [0.15, 0.2) is 5.65 Å². The number of thioether (sulfide) groups is 1. The van der Waals surface area contributed by atoms with Gasteiger partial charge >= 0.3 is 0 Å². The number of hydrogen-bond donors (Lipinski definition) is 1. The number of rotatable bonds is 4. The summed E-state index contributed by atoms with van der Waals surface area (Å²) in [6.45, 7) is 1.01. The van der Waals surface area contributed by atoms with Crippen molar-refractivity contribution in [3.8, 4) is 0 Å². The van der Waals surface area contributed by atoms with Gasteiger partial charge in [0.2, 0.25) is 0 Å². The molecule has 1 saturated heterocycles. The van der Waals surface area contributed by atoms with Gasteiger partial charge < -0.3 is 9.67 Å². The number of nitrogens with zero attached hydrogens (tertiary/aromatic N) is 3. The molecule has 1 aliphatic heterocycles. The first-order chi connectivity index (χ1) is 8.90. The third kappa shape index (κ3) is 2.12. The van der Waals surface area contributed by atoms with Crippen molar-refractivity contribution in [1.82, 2.24) is 14.5 Å². The standard InChI is InChI=1S/C13H17N3OS/c17-8-3-7-16-12-10(4-1-6-14-12)15-13(16)11-5-2-9-18-11/h1,4,6,11,17H,2-3,5,7-9H2. The lowest BCUT2D eigenvalue weighted by atomic mass is 10.2. The molecule has 1 N–H and O–H groups in total. The van der Waals surface area contributed by atoms with Crippen LogP contribution in [0.2, 0.25) is 0 Å². The monoisotopic (exact) mass is 263 g/mol. The summed E-state index contributed by atoms with van der Waals surface area (Å²) in [5.41, 5.74) is 1.92. The lowest BCUT2D eigenvalue weighted by Crippen LogP contribution is -2.07. The number of fused-ring (bicyclic) bond motifs is 1. The van der Waals surface area contributed by atoms with E-state index in [1.165, 1.54) is 18.6 Å². The summed E-state index contributed by atoms with van der Waals surface area (Å²) in [5.74, 6) is 2.36. The molecule has 2 aromatic rings. The minimum atomic E-state index is 0.212. The molecule has 96 valence electrons. The molecular weight excluding hydrogens is 246 g/mol. The second-order valence-electron chi connectivity index (χ2n) is 4.55. The van der Waals surface area contributed by atoms with Gasteiger partial charge in [0, 0.05) is 19.3 Å². The predicted octanol–water partition coefficient (Wildman–Crippen LogP) is 2.38. The van der Waals surface area contributed by atoms with E-state index in [2.05, 4.69) is 9.55 Å². The Morgan fingerprint density at radius 3 is 3.22 bits per heavy atom. The summed E-state index contributed by atoms with van der Waals surface area (Å²) >= 11 is 1.98. The number of imidazole rings is 1. The highest BCUT2D eigenvalue weighted by Gasteiger charge is 2.24. The fourth-order valence-electron chi connectivity index (χ4n) is 2.45. The van der Waals surface area contributed by atoms with E-state index in [1.54, 1.807) is 0 Å². The van der Waals surface area contributed by atoms with E-state index >= 15 is 0 Å². The molecule has 1 atom stereocenters. The van der Waals surface area contributed by atoms with Crippen LogP contribution in [0, 0.1) is 0 Å². The molecule has 0 aromatic carbocycles. The topological polar surface area (TPSA) is 50.9 Å². The Kier molecular flexibility index (Phi) is 3.52. The first kappa shape index (κ1) is 12.0. The van der Waals surface area contributed by atoms with Crippen LogP contribution in [0.25, 0.3) is 11.2 Å². The fraction of sp³-hybridized carbons (Fsp3) is 0.538. The molecule has 4 nitrogen and oxygen atoms in total. The van der Waals surface area contributed by atoms with E-state index < -0.39 is 0 Å². The Bertz CT molecular complexity index is 534. The zero-order valence-electron chi connectivity index (χ0n) is 10.2. The maximum absolute atomic E-state index is 9.03. The van der Waals surface area contributed by atoms with Crippen molar-refractivity contribution >= 4 is 22.9 Å². The zero-order valence-corrected chi connectivity index (χ0v) is 11.1. The molecule has 1 fully saturated rings. The smallest absolute Gasteiger partial charge is 0.160 e. The van der Waals surface area contributed by atoms with Crippen LogP contribution in [0.5, 0.6) is 0 Å². The van der Waals surface area contributed by atoms with E-state index in [-0.39, 0.29) is 6.61 Å². The van der Waals surface area contributed by atoms with Crippen molar-refractivity contribution in [3.05, 3.63) is 24.2 Å². The average Bonchev–Trinajstić information content (AvgIpc) is 3.03. The quantitative estimate of drug-likeness (QED) is 0.920. The average molecular weight is 263 g/mol. The van der Waals surface area contributed by atoms with E-state index in [1.807, 2.05) is 30.1 Å². The Labute approximate surface area is 110 Å². The lowest BCUT2D eigenvalue weighted by molar-refractivity contribution is 0.279. The van der Waals surface area contributed by atoms with Crippen LogP contribution < -0.4 is 0 Å². The summed E-state index contributed by atoms with van der Waals surface area (Å²) in [6, 6.07) is 3.94. The maximum atomic E-state index is 9.03. The van der Waals surface area contributed by atoms with E-state index in [9.17, 15) is 0 Å². The largest absolute Gasteiger partial charge is 0.396 e. The highest BCUT2D eigenvalue weighted by molar-refractivity contribution is 7.99. The van der Waals surface area contributed by atoms with Crippen molar-refractivity contribution in [2.75, 3.05) is 12.4 Å². The summed E-state index contributed by atoms with van der Waals surface area (Å²) in [4.78, 5) is 9.18. The van der Waals surface area contributed by atoms with Gasteiger partial charge in [0.1, 0.15) is 11.3 Å². The van der Waals surface area contributed by atoms with Gasteiger partial charge in [-0.05, 0) is 37.1 Å². The molecule has 0 amide bonds. The molecule has 5 heteroatoms. The first-order valence-corrected chi connectivity index (χ1v) is 7.48. The van der Waals surface area contributed by atoms with Crippen LogP contribution in [0.1, 0.15) is 30.3 Å². The molecule has 2 aromatic heterocycles. The van der Waals surface area contributed by atoms with Gasteiger partial charge in [-0.2, -0.15) is 11.8 Å². The molecule has 0 saturated carbocycles. The van der Waals surface area contributed by atoms with Gasteiger partial charge in [-0.1, -0.05) is 0 Å². The number of aliphatic hydroxyl groups is 1. The SMILES string of the molecule is OCCCn1c(C2CCCS2)nc2cccnc21. The van der Waals surface area contributed by atoms with Gasteiger partial charge in [0.25, 0.3) is 0 Å². The van der Waals surface area contributed by atoms with Crippen LogP contribution >= 0.6 is 11.8 Å². The molecule has 18 heavy (non-hydrogen) atoms. The molecule has 0 bridgehead atoms. The normalized spacial score (nSPS) is 19.7. The number of aliphatic hydroxyl groups excluding tert-OH is 1. The van der Waals surface area contributed by atoms with Gasteiger partial charge in [0.05, 0.1) is 5.25 Å². The minimum absolute atomic E-state index is 0.212. The number of pyridine rings is 1. The molecule has 1 aliphatic rings. The summed E-state index contributed by atoms with van der Waals surface area (Å²) in [7, 11) is 0. The molecule has 3 heterocycles. The second kappa shape index (κ2) is 5.28. The van der Waals surface area contributed by atoms with Crippen molar-refractivity contribution in [2.24, 2.45) is 0 Å². The molecule has 0 spiro atoms. The highest BCUT2D eigenvalue weighted by Crippen LogP contribution is 2.40. The van der Waals surface area contributed by atoms with Crippen LogP contribution in [0.4, 0.5) is 0 Å². The van der Waals surface area contributed by atoms with E-state index in [0.717, 1.165) is 30.0 Å². The number of aromatic nitrogens is 3. The van der Waals surface area contributed by atoms with E-state index in [4.69, 9.17) is 10.1 Å². The minimum Gasteiger partial charge on any atom is -0.396 e. The third-order valence-corrected chi connectivity index (χ3v) is 4.66. The second-order valence-corrected chi connectivity index (χ2v) is 5.86. The molecular formula is C13H17N3OS. The van der Waals surface area contributed by atoms with Crippen molar-refractivity contribution in [3.63, 3.8) is 0 Å². The number of aryl methyl sites for hydroxylation is 1. The first-order valence-electron chi connectivity index (χ1n) is 6.44. The molecule has 3 rings (SSSR count). The van der Waals surface area contributed by atoms with Crippen molar-refractivity contribution < 1.29 is 5.11 Å². The predicted molar refractivity (Wildman–Crippen MR) is 73.7 cm³/mol. The molecule has 1 unspecified atom stereocenters. The van der Waals surface area contributed by atoms with Crippen LogP contribution in [0.3, 0.4) is 0 Å². The van der Waals surface area contributed by atoms with Crippen LogP contribution in [0.15, 0.2) is 18.3 Å². The third-order valence-electron chi connectivity index (χ3n) is 3.29. The van der Waals surface area contributed by atoms with Gasteiger partial charge in [-0.3, -0.25) is 0 Å². The summed E-state index contributed by atoms with van der Waals surface area (Å²) in [6.07, 6.45) is 5.04. The Morgan fingerprint density at radius 2 is 2.44 bits per heavy atom. The summed E-state index contributed by atoms with van der Waals surface area (Å²) in [5, 5.41) is 9.53. The number of hydrogen-bond acceptors (Lipinski definition) is 4. The molecule has 0 radical (unpaired) electrons. The van der Waals surface area contributed by atoms with Gasteiger partial charge in [-0.15, -0.1) is 0 Å². The van der Waals surface area contributed by atoms with Crippen LogP contribution in [-0.2, 0) is 6.54 Å². The summed E-state index contributed by atoms with van der Waals surface area (Å²) < 4.78 is 2.19. The van der Waals surface area contributed by atoms with Gasteiger partial charge in [-0.25, -0.2) is 9.97 Å². The van der Waals surface area contributed by atoms with Crippen LogP contribution in [-0.4, -0.2) is 32.0 Å². The van der Waals surface area contributed by atoms with E-state index in [0.29, 0.717) is 5.25 Å².